The Morgan fingerprint density at radius 2 is 1.79 bits per heavy atom. The van der Waals surface area contributed by atoms with Gasteiger partial charge in [0.05, 0.1) is 23.3 Å². The van der Waals surface area contributed by atoms with Gasteiger partial charge in [0.15, 0.2) is 6.10 Å². The van der Waals surface area contributed by atoms with Crippen molar-refractivity contribution in [3.63, 3.8) is 0 Å². The summed E-state index contributed by atoms with van der Waals surface area (Å²) < 4.78 is 9.99. The standard InChI is InChI=1S/C20H26N2O6/c1-12(2)7-9-22-18(24)15-6-5-14(11-16(15)19(22)25)20(26)28-13(3)17(23)21-8-10-27-4/h5-6,11-13H,7-10H2,1-4H3,(H,21,23)/t13-/m1/s1. The Kier molecular flexibility index (Phi) is 7.28. The van der Waals surface area contributed by atoms with E-state index in [0.717, 1.165) is 0 Å². The molecule has 8 heteroatoms. The zero-order chi connectivity index (χ0) is 20.8. The number of nitrogens with one attached hydrogen (secondary N) is 1. The van der Waals surface area contributed by atoms with E-state index in [2.05, 4.69) is 5.32 Å². The van der Waals surface area contributed by atoms with E-state index in [4.69, 9.17) is 9.47 Å². The number of esters is 1. The molecule has 0 spiro atoms. The zero-order valence-corrected chi connectivity index (χ0v) is 16.6. The van der Waals surface area contributed by atoms with Gasteiger partial charge >= 0.3 is 5.97 Å². The van der Waals surface area contributed by atoms with Crippen molar-refractivity contribution in [1.29, 1.82) is 0 Å². The van der Waals surface area contributed by atoms with Gasteiger partial charge < -0.3 is 14.8 Å². The molecule has 0 saturated heterocycles. The van der Waals surface area contributed by atoms with E-state index < -0.39 is 23.9 Å². The van der Waals surface area contributed by atoms with Gasteiger partial charge in [-0.2, -0.15) is 0 Å². The summed E-state index contributed by atoms with van der Waals surface area (Å²) in [6, 6.07) is 4.22. The lowest BCUT2D eigenvalue weighted by atomic mass is 10.1. The van der Waals surface area contributed by atoms with Gasteiger partial charge in [-0.15, -0.1) is 0 Å². The van der Waals surface area contributed by atoms with Crippen molar-refractivity contribution in [2.45, 2.75) is 33.3 Å². The first kappa shape index (κ1) is 21.6. The number of carbonyl (C=O) groups is 4. The van der Waals surface area contributed by atoms with Crippen molar-refractivity contribution in [1.82, 2.24) is 10.2 Å². The molecule has 1 aromatic rings. The smallest absolute Gasteiger partial charge is 0.338 e. The Morgan fingerprint density at radius 1 is 1.11 bits per heavy atom. The molecule has 0 bridgehead atoms. The van der Waals surface area contributed by atoms with Crippen LogP contribution in [0, 0.1) is 5.92 Å². The van der Waals surface area contributed by atoms with E-state index in [9.17, 15) is 19.2 Å². The summed E-state index contributed by atoms with van der Waals surface area (Å²) in [5.74, 6) is -1.60. The lowest BCUT2D eigenvalue weighted by molar-refractivity contribution is -0.129. The third-order valence-electron chi connectivity index (χ3n) is 4.39. The van der Waals surface area contributed by atoms with Crippen molar-refractivity contribution in [3.8, 4) is 0 Å². The first-order valence-electron chi connectivity index (χ1n) is 9.24. The Balaban J connectivity index is 2.06. The Morgan fingerprint density at radius 3 is 2.43 bits per heavy atom. The van der Waals surface area contributed by atoms with Crippen molar-refractivity contribution in [2.24, 2.45) is 5.92 Å². The second-order valence-corrected chi connectivity index (χ2v) is 7.04. The lowest BCUT2D eigenvalue weighted by Gasteiger charge is -2.14. The van der Waals surface area contributed by atoms with E-state index in [1.54, 1.807) is 0 Å². The Hall–Kier alpha value is -2.74. The molecule has 0 aromatic heterocycles. The largest absolute Gasteiger partial charge is 0.449 e. The van der Waals surface area contributed by atoms with Gasteiger partial charge in [-0.1, -0.05) is 13.8 Å². The molecule has 1 aliphatic rings. The number of ether oxygens (including phenoxy) is 2. The summed E-state index contributed by atoms with van der Waals surface area (Å²) >= 11 is 0. The van der Waals surface area contributed by atoms with Gasteiger partial charge in [0, 0.05) is 20.2 Å². The topological polar surface area (TPSA) is 102 Å². The highest BCUT2D eigenvalue weighted by molar-refractivity contribution is 6.22. The van der Waals surface area contributed by atoms with Crippen LogP contribution < -0.4 is 5.32 Å². The third-order valence-corrected chi connectivity index (χ3v) is 4.39. The third kappa shape index (κ3) is 4.95. The van der Waals surface area contributed by atoms with Gasteiger partial charge in [-0.25, -0.2) is 4.79 Å². The van der Waals surface area contributed by atoms with Gasteiger partial charge in [-0.3, -0.25) is 19.3 Å². The molecule has 1 aliphatic heterocycles. The van der Waals surface area contributed by atoms with Gasteiger partial charge in [0.2, 0.25) is 0 Å². The molecule has 8 nitrogen and oxygen atoms in total. The van der Waals surface area contributed by atoms with Crippen LogP contribution in [0.15, 0.2) is 18.2 Å². The van der Waals surface area contributed by atoms with E-state index in [1.807, 2.05) is 13.8 Å². The molecule has 0 saturated carbocycles. The maximum Gasteiger partial charge on any atom is 0.338 e. The highest BCUT2D eigenvalue weighted by Gasteiger charge is 2.36. The minimum Gasteiger partial charge on any atom is -0.449 e. The molecule has 0 aliphatic carbocycles. The van der Waals surface area contributed by atoms with Crippen molar-refractivity contribution in [3.05, 3.63) is 34.9 Å². The fourth-order valence-electron chi connectivity index (χ4n) is 2.71. The minimum atomic E-state index is -1.00. The Bertz CT molecular complexity index is 774. The van der Waals surface area contributed by atoms with E-state index >= 15 is 0 Å². The quantitative estimate of drug-likeness (QED) is 0.391. The molecular weight excluding hydrogens is 364 g/mol. The number of nitrogens with zero attached hydrogens (tertiary/aromatic N) is 1. The Labute approximate surface area is 164 Å². The first-order valence-corrected chi connectivity index (χ1v) is 9.24. The predicted molar refractivity (Wildman–Crippen MR) is 101 cm³/mol. The maximum absolute atomic E-state index is 12.5. The van der Waals surface area contributed by atoms with Crippen LogP contribution >= 0.6 is 0 Å². The van der Waals surface area contributed by atoms with Crippen LogP contribution in [0.25, 0.3) is 0 Å². The van der Waals surface area contributed by atoms with Gasteiger partial charge in [0.25, 0.3) is 17.7 Å². The van der Waals surface area contributed by atoms with Crippen LogP contribution in [0.3, 0.4) is 0 Å². The van der Waals surface area contributed by atoms with Crippen molar-refractivity contribution in [2.75, 3.05) is 26.8 Å². The van der Waals surface area contributed by atoms with Gasteiger partial charge in [0.1, 0.15) is 0 Å². The maximum atomic E-state index is 12.5. The predicted octanol–water partition coefficient (Wildman–Crippen LogP) is 1.64. The normalized spacial score (nSPS) is 14.2. The molecule has 3 amide bonds. The summed E-state index contributed by atoms with van der Waals surface area (Å²) in [5, 5.41) is 2.58. The fourth-order valence-corrected chi connectivity index (χ4v) is 2.71. The molecule has 0 unspecified atom stereocenters. The number of amides is 3. The van der Waals surface area contributed by atoms with Crippen LogP contribution in [-0.4, -0.2) is 61.5 Å². The molecule has 2 rings (SSSR count). The van der Waals surface area contributed by atoms with E-state index in [1.165, 1.54) is 37.1 Å². The fraction of sp³-hybridized carbons (Fsp3) is 0.500. The monoisotopic (exact) mass is 390 g/mol. The number of methoxy groups -OCH3 is 1. The molecule has 1 aromatic carbocycles. The zero-order valence-electron chi connectivity index (χ0n) is 16.6. The van der Waals surface area contributed by atoms with Crippen molar-refractivity contribution < 1.29 is 28.7 Å². The molecule has 1 heterocycles. The van der Waals surface area contributed by atoms with Crippen LogP contribution in [-0.2, 0) is 14.3 Å². The number of fused-ring (bicyclic) bond motifs is 1. The van der Waals surface area contributed by atoms with Gasteiger partial charge in [-0.05, 0) is 37.5 Å². The number of carbonyl (C=O) groups excluding carboxylic acids is 4. The molecule has 28 heavy (non-hydrogen) atoms. The summed E-state index contributed by atoms with van der Waals surface area (Å²) in [6.07, 6.45) is -0.298. The summed E-state index contributed by atoms with van der Waals surface area (Å²) in [4.78, 5) is 50.4. The first-order chi connectivity index (χ1) is 13.3. The second-order valence-electron chi connectivity index (χ2n) is 7.04. The summed E-state index contributed by atoms with van der Waals surface area (Å²) in [6.45, 7) is 6.47. The molecule has 152 valence electrons. The lowest BCUT2D eigenvalue weighted by Crippen LogP contribution is -2.37. The van der Waals surface area contributed by atoms with Crippen molar-refractivity contribution >= 4 is 23.7 Å². The summed E-state index contributed by atoms with van der Waals surface area (Å²) in [5.41, 5.74) is 0.568. The molecular formula is C20H26N2O6. The summed E-state index contributed by atoms with van der Waals surface area (Å²) in [7, 11) is 1.51. The number of imide groups is 1. The molecule has 0 radical (unpaired) electrons. The van der Waals surface area contributed by atoms with Crippen LogP contribution in [0.1, 0.15) is 58.3 Å². The number of rotatable bonds is 9. The highest BCUT2D eigenvalue weighted by Crippen LogP contribution is 2.25. The molecule has 1 N–H and O–H groups in total. The number of hydrogen-bond donors (Lipinski definition) is 1. The molecule has 1 atom stereocenters. The minimum absolute atomic E-state index is 0.113. The SMILES string of the molecule is COCCNC(=O)[C@@H](C)OC(=O)c1ccc2c(c1)C(=O)N(CCC(C)C)C2=O. The number of hydrogen-bond acceptors (Lipinski definition) is 6. The van der Waals surface area contributed by atoms with E-state index in [-0.39, 0.29) is 22.6 Å². The highest BCUT2D eigenvalue weighted by atomic mass is 16.5. The van der Waals surface area contributed by atoms with Crippen LogP contribution in [0.5, 0.6) is 0 Å². The number of benzene rings is 1. The second kappa shape index (κ2) is 9.45. The van der Waals surface area contributed by atoms with E-state index in [0.29, 0.717) is 32.0 Å². The molecule has 0 fully saturated rings. The average Bonchev–Trinajstić information content (AvgIpc) is 2.89. The van der Waals surface area contributed by atoms with Crippen LogP contribution in [0.4, 0.5) is 0 Å². The van der Waals surface area contributed by atoms with Crippen LogP contribution in [0.2, 0.25) is 0 Å². The average molecular weight is 390 g/mol.